The van der Waals surface area contributed by atoms with Gasteiger partial charge in [0.25, 0.3) is 5.91 Å². The van der Waals surface area contributed by atoms with Crippen LogP contribution in [0.1, 0.15) is 23.2 Å². The molecule has 1 amide bonds. The quantitative estimate of drug-likeness (QED) is 0.858. The monoisotopic (exact) mass is 271 g/mol. The molecule has 0 fully saturated rings. The van der Waals surface area contributed by atoms with Gasteiger partial charge in [-0.3, -0.25) is 9.59 Å². The fraction of sp³-hybridized carbons (Fsp3) is 0.333. The van der Waals surface area contributed by atoms with E-state index in [0.717, 1.165) is 0 Å². The van der Waals surface area contributed by atoms with Gasteiger partial charge in [0.1, 0.15) is 5.75 Å². The number of hydrogen-bond acceptors (Lipinski definition) is 3. The van der Waals surface area contributed by atoms with Crippen molar-refractivity contribution in [2.75, 3.05) is 13.6 Å². The maximum Gasteiger partial charge on any atom is 0.303 e. The molecule has 1 rings (SSSR count). The topological polar surface area (TPSA) is 77.8 Å². The second-order valence-electron chi connectivity index (χ2n) is 3.89. The highest BCUT2D eigenvalue weighted by Crippen LogP contribution is 2.22. The van der Waals surface area contributed by atoms with Crippen LogP contribution in [0.2, 0.25) is 5.02 Å². The standard InChI is InChI=1S/C12H14ClNO4/c1-14(6-2-3-11(16)17)12(18)9-7-8(15)4-5-10(9)13/h4-5,7,15H,2-3,6H2,1H3,(H,16,17). The molecule has 5 nitrogen and oxygen atoms in total. The molecule has 1 aromatic carbocycles. The summed E-state index contributed by atoms with van der Waals surface area (Å²) in [5, 5.41) is 18.1. The van der Waals surface area contributed by atoms with Gasteiger partial charge >= 0.3 is 5.97 Å². The lowest BCUT2D eigenvalue weighted by molar-refractivity contribution is -0.137. The summed E-state index contributed by atoms with van der Waals surface area (Å²) in [5.41, 5.74) is 0.203. The molecule has 0 saturated heterocycles. The highest BCUT2D eigenvalue weighted by Gasteiger charge is 2.15. The third-order valence-electron chi connectivity index (χ3n) is 2.41. The van der Waals surface area contributed by atoms with Crippen molar-refractivity contribution < 1.29 is 19.8 Å². The number of carbonyl (C=O) groups is 2. The van der Waals surface area contributed by atoms with Crippen LogP contribution in [0.4, 0.5) is 0 Å². The Morgan fingerprint density at radius 2 is 2.06 bits per heavy atom. The summed E-state index contributed by atoms with van der Waals surface area (Å²) in [4.78, 5) is 23.7. The van der Waals surface area contributed by atoms with E-state index in [1.807, 2.05) is 0 Å². The smallest absolute Gasteiger partial charge is 0.303 e. The molecule has 0 unspecified atom stereocenters. The fourth-order valence-corrected chi connectivity index (χ4v) is 1.65. The molecule has 2 N–H and O–H groups in total. The predicted octanol–water partition coefficient (Wildman–Crippen LogP) is 1.98. The van der Waals surface area contributed by atoms with Gasteiger partial charge in [0.2, 0.25) is 0 Å². The number of carboxylic acid groups (broad SMARTS) is 1. The molecule has 0 atom stereocenters. The Balaban J connectivity index is 2.68. The van der Waals surface area contributed by atoms with Gasteiger partial charge in [-0.15, -0.1) is 0 Å². The first-order valence-electron chi connectivity index (χ1n) is 5.37. The van der Waals surface area contributed by atoms with Crippen molar-refractivity contribution in [3.63, 3.8) is 0 Å². The van der Waals surface area contributed by atoms with Crippen LogP contribution in [-0.4, -0.2) is 40.6 Å². The number of rotatable bonds is 5. The zero-order valence-corrected chi connectivity index (χ0v) is 10.6. The Bertz CT molecular complexity index is 461. The Morgan fingerprint density at radius 1 is 1.39 bits per heavy atom. The lowest BCUT2D eigenvalue weighted by Crippen LogP contribution is -2.28. The van der Waals surface area contributed by atoms with Crippen molar-refractivity contribution in [2.45, 2.75) is 12.8 Å². The number of carbonyl (C=O) groups excluding carboxylic acids is 1. The molecule has 0 aliphatic rings. The first kappa shape index (κ1) is 14.3. The van der Waals surface area contributed by atoms with Crippen LogP contribution in [0.3, 0.4) is 0 Å². The van der Waals surface area contributed by atoms with Crippen LogP contribution in [0.15, 0.2) is 18.2 Å². The van der Waals surface area contributed by atoms with Crippen molar-refractivity contribution in [1.82, 2.24) is 4.90 Å². The zero-order chi connectivity index (χ0) is 13.7. The van der Waals surface area contributed by atoms with Gasteiger partial charge in [-0.25, -0.2) is 0 Å². The lowest BCUT2D eigenvalue weighted by atomic mass is 10.2. The van der Waals surface area contributed by atoms with Gasteiger partial charge in [0, 0.05) is 20.0 Å². The van der Waals surface area contributed by atoms with E-state index in [0.29, 0.717) is 13.0 Å². The molecule has 0 spiro atoms. The Morgan fingerprint density at radius 3 is 2.67 bits per heavy atom. The first-order chi connectivity index (χ1) is 8.41. The molecule has 0 aliphatic heterocycles. The Hall–Kier alpha value is -1.75. The minimum Gasteiger partial charge on any atom is -0.508 e. The maximum atomic E-state index is 12.0. The van der Waals surface area contributed by atoms with Crippen molar-refractivity contribution in [3.8, 4) is 5.75 Å². The van der Waals surface area contributed by atoms with Crippen LogP contribution in [0.25, 0.3) is 0 Å². The summed E-state index contributed by atoms with van der Waals surface area (Å²) in [6.45, 7) is 0.317. The van der Waals surface area contributed by atoms with Crippen LogP contribution in [0, 0.1) is 0 Å². The second-order valence-corrected chi connectivity index (χ2v) is 4.30. The van der Waals surface area contributed by atoms with E-state index in [1.54, 1.807) is 7.05 Å². The number of halogens is 1. The highest BCUT2D eigenvalue weighted by molar-refractivity contribution is 6.33. The number of aliphatic carboxylic acids is 1. The molecule has 0 saturated carbocycles. The summed E-state index contributed by atoms with van der Waals surface area (Å²) < 4.78 is 0. The van der Waals surface area contributed by atoms with E-state index in [1.165, 1.54) is 23.1 Å². The van der Waals surface area contributed by atoms with E-state index < -0.39 is 5.97 Å². The van der Waals surface area contributed by atoms with Crippen LogP contribution in [0.5, 0.6) is 5.75 Å². The van der Waals surface area contributed by atoms with Gasteiger partial charge in [0.05, 0.1) is 10.6 Å². The van der Waals surface area contributed by atoms with Gasteiger partial charge in [-0.1, -0.05) is 11.6 Å². The number of nitrogens with zero attached hydrogens (tertiary/aromatic N) is 1. The van der Waals surface area contributed by atoms with Gasteiger partial charge in [-0.2, -0.15) is 0 Å². The lowest BCUT2D eigenvalue weighted by Gasteiger charge is -2.17. The van der Waals surface area contributed by atoms with E-state index in [-0.39, 0.29) is 28.7 Å². The molecular formula is C12H14ClNO4. The highest BCUT2D eigenvalue weighted by atomic mass is 35.5. The minimum atomic E-state index is -0.897. The zero-order valence-electron chi connectivity index (χ0n) is 9.89. The molecule has 0 heterocycles. The van der Waals surface area contributed by atoms with Crippen LogP contribution < -0.4 is 0 Å². The minimum absolute atomic E-state index is 0.00535. The van der Waals surface area contributed by atoms with Gasteiger partial charge in [0.15, 0.2) is 0 Å². The maximum absolute atomic E-state index is 12.0. The SMILES string of the molecule is CN(CCCC(=O)O)C(=O)c1cc(O)ccc1Cl. The van der Waals surface area contributed by atoms with E-state index in [4.69, 9.17) is 16.7 Å². The second kappa shape index (κ2) is 6.26. The van der Waals surface area contributed by atoms with Crippen molar-refractivity contribution >= 4 is 23.5 Å². The summed E-state index contributed by atoms with van der Waals surface area (Å²) in [5.74, 6) is -1.28. The Kier molecular flexibility index (Phi) is 4.97. The molecule has 0 aromatic heterocycles. The molecule has 18 heavy (non-hydrogen) atoms. The predicted molar refractivity (Wildman–Crippen MR) is 66.9 cm³/mol. The number of amides is 1. The average Bonchev–Trinajstić information content (AvgIpc) is 2.30. The number of phenolic OH excluding ortho intramolecular Hbond substituents is 1. The molecule has 0 aliphatic carbocycles. The molecule has 6 heteroatoms. The number of hydrogen-bond donors (Lipinski definition) is 2. The van der Waals surface area contributed by atoms with E-state index in [9.17, 15) is 14.7 Å². The van der Waals surface area contributed by atoms with Crippen LogP contribution in [-0.2, 0) is 4.79 Å². The number of carboxylic acids is 1. The van der Waals surface area contributed by atoms with Gasteiger partial charge in [-0.05, 0) is 24.6 Å². The van der Waals surface area contributed by atoms with Crippen molar-refractivity contribution in [3.05, 3.63) is 28.8 Å². The number of phenols is 1. The third-order valence-corrected chi connectivity index (χ3v) is 2.74. The Labute approximate surface area is 110 Å². The van der Waals surface area contributed by atoms with Crippen molar-refractivity contribution in [1.29, 1.82) is 0 Å². The third kappa shape index (κ3) is 3.92. The first-order valence-corrected chi connectivity index (χ1v) is 5.75. The van der Waals surface area contributed by atoms with E-state index >= 15 is 0 Å². The molecule has 98 valence electrons. The molecule has 0 bridgehead atoms. The number of aromatic hydroxyl groups is 1. The largest absolute Gasteiger partial charge is 0.508 e. The van der Waals surface area contributed by atoms with Crippen LogP contribution >= 0.6 is 11.6 Å². The normalized spacial score (nSPS) is 10.1. The van der Waals surface area contributed by atoms with E-state index in [2.05, 4.69) is 0 Å². The molecular weight excluding hydrogens is 258 g/mol. The summed E-state index contributed by atoms with van der Waals surface area (Å²) in [7, 11) is 1.56. The fourth-order valence-electron chi connectivity index (χ4n) is 1.45. The molecule has 1 aromatic rings. The average molecular weight is 272 g/mol. The summed E-state index contributed by atoms with van der Waals surface area (Å²) >= 11 is 5.87. The summed E-state index contributed by atoms with van der Waals surface area (Å²) in [6, 6.07) is 4.12. The number of benzene rings is 1. The molecule has 0 radical (unpaired) electrons. The van der Waals surface area contributed by atoms with Gasteiger partial charge < -0.3 is 15.1 Å². The van der Waals surface area contributed by atoms with Crippen molar-refractivity contribution in [2.24, 2.45) is 0 Å². The summed E-state index contributed by atoms with van der Waals surface area (Å²) in [6.07, 6.45) is 0.374.